The largest absolute Gasteiger partial charge is 0.870 e. The number of hydrogen-bond donors (Lipinski definition) is 1. The number of ether oxygens (including phenoxy) is 4. The van der Waals surface area contributed by atoms with Crippen LogP contribution in [0.4, 0.5) is 14.5 Å². The van der Waals surface area contributed by atoms with Crippen molar-refractivity contribution in [2.75, 3.05) is 31.6 Å². The van der Waals surface area contributed by atoms with E-state index >= 15 is 0 Å². The van der Waals surface area contributed by atoms with E-state index in [-0.39, 0.29) is 41.0 Å². The van der Waals surface area contributed by atoms with Gasteiger partial charge in [0.25, 0.3) is 0 Å². The molecule has 0 amide bonds. The number of esters is 2. The summed E-state index contributed by atoms with van der Waals surface area (Å²) in [4.78, 5) is 32.7. The van der Waals surface area contributed by atoms with Gasteiger partial charge >= 0.3 is 18.6 Å². The Hall–Kier alpha value is -4.01. The van der Waals surface area contributed by atoms with E-state index in [4.69, 9.17) is 42.1 Å². The number of carbonyl (C=O) groups is 2. The number of aromatic amines is 1. The third-order valence-corrected chi connectivity index (χ3v) is 11.1. The zero-order valence-corrected chi connectivity index (χ0v) is 30.8. The monoisotopic (exact) mass is 789 g/mol. The first-order chi connectivity index (χ1) is 25.2. The molecule has 2 bridgehead atoms. The first-order valence-corrected chi connectivity index (χ1v) is 19.0. The van der Waals surface area contributed by atoms with E-state index in [1.165, 1.54) is 17.4 Å². The molecule has 53 heavy (non-hydrogen) atoms. The second kappa shape index (κ2) is 17.4. The quantitative estimate of drug-likeness (QED) is 0.119. The topological polar surface area (TPSA) is 130 Å². The van der Waals surface area contributed by atoms with E-state index < -0.39 is 24.7 Å². The van der Waals surface area contributed by atoms with Gasteiger partial charge in [-0.05, 0) is 109 Å². The fraction of sp³-hybridized carbons (Fsp3) is 0.395. The summed E-state index contributed by atoms with van der Waals surface area (Å²) in [6.07, 6.45) is 6.10. The number of fused-ring (bicyclic) bond motifs is 3. The molecule has 2 aromatic carbocycles. The Kier molecular flexibility index (Phi) is 12.7. The van der Waals surface area contributed by atoms with Gasteiger partial charge in [-0.2, -0.15) is 20.1 Å². The molecule has 3 aliphatic heterocycles. The van der Waals surface area contributed by atoms with E-state index in [9.17, 15) is 18.4 Å². The molecule has 3 N–H and O–H groups in total. The number of H-pyrrole nitrogens is 1. The highest BCUT2D eigenvalue weighted by molar-refractivity contribution is 7.08. The molecular weight excluding hydrogens is 751 g/mol. The highest BCUT2D eigenvalue weighted by atomic mass is 35.5. The summed E-state index contributed by atoms with van der Waals surface area (Å²) < 4.78 is 49.4. The number of hydrogen-bond acceptors (Lipinski definition) is 10. The van der Waals surface area contributed by atoms with Crippen molar-refractivity contribution in [3.63, 3.8) is 0 Å². The summed E-state index contributed by atoms with van der Waals surface area (Å²) in [6.45, 7) is 0.101. The molecule has 3 saturated heterocycles. The van der Waals surface area contributed by atoms with Gasteiger partial charge < -0.3 is 29.7 Å². The number of benzene rings is 2. The molecule has 10 nitrogen and oxygen atoms in total. The number of nitrogens with one attached hydrogen (secondary N) is 2. The highest BCUT2D eigenvalue weighted by Gasteiger charge is 2.38. The first kappa shape index (κ1) is 38.7. The van der Waals surface area contributed by atoms with Crippen molar-refractivity contribution >= 4 is 52.2 Å². The van der Waals surface area contributed by atoms with Gasteiger partial charge in [-0.1, -0.05) is 35.3 Å². The number of nitrogens with zero attached hydrogens (tertiary/aromatic N) is 1. The Morgan fingerprint density at radius 2 is 1.75 bits per heavy atom. The van der Waals surface area contributed by atoms with E-state index in [2.05, 4.69) is 15.2 Å². The summed E-state index contributed by atoms with van der Waals surface area (Å²) in [5.41, 5.74) is 2.47. The number of piperidine rings is 3. The minimum absolute atomic E-state index is 0. The van der Waals surface area contributed by atoms with Gasteiger partial charge in [0.15, 0.2) is 29.9 Å². The number of anilines is 1. The van der Waals surface area contributed by atoms with Gasteiger partial charge in [-0.3, -0.25) is 4.90 Å². The maximum Gasteiger partial charge on any atom is 0.387 e. The second-order valence-electron chi connectivity index (χ2n) is 13.4. The lowest BCUT2D eigenvalue weighted by molar-refractivity contribution is -0.377. The van der Waals surface area contributed by atoms with Crippen LogP contribution in [0.3, 0.4) is 0 Å². The molecular formula is C38H39Cl2F2N3O7S. The Bertz CT molecular complexity index is 1860. The van der Waals surface area contributed by atoms with Crippen molar-refractivity contribution in [3.8, 4) is 11.5 Å². The third-order valence-electron chi connectivity index (χ3n) is 9.75. The summed E-state index contributed by atoms with van der Waals surface area (Å²) in [6, 6.07) is 12.2. The molecule has 4 aliphatic rings. The molecule has 3 atom stereocenters. The van der Waals surface area contributed by atoms with Gasteiger partial charge in [0.1, 0.15) is 22.3 Å². The van der Waals surface area contributed by atoms with Crippen LogP contribution >= 0.6 is 34.5 Å². The average molecular weight is 791 g/mol. The van der Waals surface area contributed by atoms with Gasteiger partial charge in [0, 0.05) is 24.2 Å². The van der Waals surface area contributed by atoms with E-state index in [1.54, 1.807) is 48.8 Å². The number of rotatable bonds is 15. The zero-order valence-electron chi connectivity index (χ0n) is 28.5. The van der Waals surface area contributed by atoms with Crippen molar-refractivity contribution in [3.05, 3.63) is 104 Å². The molecule has 4 aromatic rings. The summed E-state index contributed by atoms with van der Waals surface area (Å²) in [5, 5.41) is 7.74. The molecule has 4 fully saturated rings. The van der Waals surface area contributed by atoms with Crippen LogP contribution in [0.15, 0.2) is 71.7 Å². The van der Waals surface area contributed by atoms with E-state index in [1.807, 2.05) is 16.8 Å². The fourth-order valence-corrected chi connectivity index (χ4v) is 7.90. The normalized spacial score (nSPS) is 20.2. The highest BCUT2D eigenvalue weighted by Crippen LogP contribution is 2.38. The van der Waals surface area contributed by atoms with Gasteiger partial charge in [-0.15, -0.1) is 0 Å². The SMILES string of the molecule is O=C(O[C@@H](Cc1c(Cl)c[nH+]cc1Cl)c1ccc(OC(F)F)c(OCC2CC2)c1)c1cccc(NC(C(=O)O[C@H]2CN3CCC2CC3)c2ccsc2)c1.[OH-]. The van der Waals surface area contributed by atoms with Crippen LogP contribution in [0, 0.1) is 11.8 Å². The predicted octanol–water partition coefficient (Wildman–Crippen LogP) is 8.01. The van der Waals surface area contributed by atoms with Gasteiger partial charge in [0.05, 0.1) is 12.2 Å². The van der Waals surface area contributed by atoms with Crippen LogP contribution in [0.5, 0.6) is 11.5 Å². The molecule has 0 radical (unpaired) electrons. The summed E-state index contributed by atoms with van der Waals surface area (Å²) in [7, 11) is 0. The lowest BCUT2D eigenvalue weighted by atomic mass is 9.86. The number of pyridine rings is 1. The Morgan fingerprint density at radius 1 is 0.981 bits per heavy atom. The predicted molar refractivity (Wildman–Crippen MR) is 194 cm³/mol. The molecule has 15 heteroatoms. The lowest BCUT2D eigenvalue weighted by Gasteiger charge is -2.44. The molecule has 2 aromatic heterocycles. The molecule has 5 heterocycles. The zero-order chi connectivity index (χ0) is 36.2. The average Bonchev–Trinajstić information content (AvgIpc) is 3.82. The Morgan fingerprint density at radius 3 is 2.42 bits per heavy atom. The van der Waals surface area contributed by atoms with Crippen LogP contribution in [0.25, 0.3) is 0 Å². The molecule has 1 saturated carbocycles. The number of alkyl halides is 2. The number of aromatic nitrogens is 1. The van der Waals surface area contributed by atoms with Crippen molar-refractivity contribution in [2.45, 2.75) is 57.0 Å². The molecule has 1 aliphatic carbocycles. The molecule has 282 valence electrons. The van der Waals surface area contributed by atoms with Crippen molar-refractivity contribution < 1.29 is 47.8 Å². The van der Waals surface area contributed by atoms with Crippen LogP contribution < -0.4 is 19.8 Å². The smallest absolute Gasteiger partial charge is 0.387 e. The third kappa shape index (κ3) is 9.76. The number of carbonyl (C=O) groups excluding carboxylic acids is 2. The van der Waals surface area contributed by atoms with Crippen LogP contribution in [0.1, 0.15) is 64.9 Å². The van der Waals surface area contributed by atoms with Crippen molar-refractivity contribution in [1.29, 1.82) is 0 Å². The minimum atomic E-state index is -3.05. The Labute approximate surface area is 319 Å². The fourth-order valence-electron chi connectivity index (χ4n) is 6.69. The number of thiophene rings is 1. The second-order valence-corrected chi connectivity index (χ2v) is 15.0. The summed E-state index contributed by atoms with van der Waals surface area (Å²) >= 11 is 14.5. The molecule has 1 unspecified atom stereocenters. The van der Waals surface area contributed by atoms with E-state index in [0.29, 0.717) is 45.3 Å². The summed E-state index contributed by atoms with van der Waals surface area (Å²) in [5.74, 6) is -0.356. The van der Waals surface area contributed by atoms with Gasteiger partial charge in [-0.25, -0.2) is 14.6 Å². The minimum Gasteiger partial charge on any atom is -0.870 e. The lowest BCUT2D eigenvalue weighted by Crippen LogP contribution is -2.52. The number of halogens is 4. The Balaban J connectivity index is 0.00000481. The standard InChI is InChI=1S/C38H37Cl2F2N3O6S.H2O/c39-29-17-43-18-30(40)28(29)16-32(24-6-7-31(51-38(41)42)33(15-24)48-20-22-4-5-22)49-36(46)25-2-1-3-27(14-25)44-35(26-10-13-52-21-26)37(47)50-34-19-45-11-8-23(34)9-12-45;/h1-3,6-7,10,13-15,17-18,21-23,32,34-35,38,44H,4-5,8-9,11-12,16,19-20H2;1H2/t32-,34-,35?;/m0./s1. The molecule has 8 rings (SSSR count). The van der Waals surface area contributed by atoms with Crippen LogP contribution in [0.2, 0.25) is 10.0 Å². The van der Waals surface area contributed by atoms with Gasteiger partial charge in [0.2, 0.25) is 0 Å². The maximum atomic E-state index is 13.9. The first-order valence-electron chi connectivity index (χ1n) is 17.3. The van der Waals surface area contributed by atoms with Crippen LogP contribution in [-0.4, -0.2) is 61.3 Å². The van der Waals surface area contributed by atoms with Crippen molar-refractivity contribution in [1.82, 2.24) is 4.90 Å². The van der Waals surface area contributed by atoms with Crippen LogP contribution in [-0.2, 0) is 20.7 Å². The van der Waals surface area contributed by atoms with E-state index in [0.717, 1.165) is 50.9 Å². The maximum absolute atomic E-state index is 13.9. The van der Waals surface area contributed by atoms with Crippen molar-refractivity contribution in [2.24, 2.45) is 11.8 Å². The molecule has 0 spiro atoms.